The quantitative estimate of drug-likeness (QED) is 0.745. The second-order valence-electron chi connectivity index (χ2n) is 5.25. The van der Waals surface area contributed by atoms with Gasteiger partial charge in [0.05, 0.1) is 6.61 Å². The van der Waals surface area contributed by atoms with Crippen LogP contribution in [0.15, 0.2) is 24.3 Å². The minimum absolute atomic E-state index is 0.319. The molecular weight excluding hydrogens is 236 g/mol. The van der Waals surface area contributed by atoms with E-state index in [0.29, 0.717) is 6.04 Å². The van der Waals surface area contributed by atoms with E-state index in [9.17, 15) is 0 Å². The lowest BCUT2D eigenvalue weighted by Crippen LogP contribution is -2.24. The Balaban J connectivity index is 2.23. The molecule has 108 valence electrons. The van der Waals surface area contributed by atoms with Gasteiger partial charge < -0.3 is 15.4 Å². The predicted molar refractivity (Wildman–Crippen MR) is 81.7 cm³/mol. The van der Waals surface area contributed by atoms with Gasteiger partial charge in [0, 0.05) is 12.6 Å². The van der Waals surface area contributed by atoms with Gasteiger partial charge >= 0.3 is 0 Å². The Kier molecular flexibility index (Phi) is 7.53. The first kappa shape index (κ1) is 16.0. The fourth-order valence-electron chi connectivity index (χ4n) is 2.03. The van der Waals surface area contributed by atoms with Gasteiger partial charge in [0.25, 0.3) is 0 Å². The van der Waals surface area contributed by atoms with Crippen LogP contribution < -0.4 is 10.5 Å². The molecule has 0 spiro atoms. The zero-order valence-electron chi connectivity index (χ0n) is 12.6. The third-order valence-electron chi connectivity index (χ3n) is 3.22. The minimum Gasteiger partial charge on any atom is -0.494 e. The third kappa shape index (κ3) is 7.19. The number of hydrogen-bond acceptors (Lipinski definition) is 3. The number of benzene rings is 1. The Morgan fingerprint density at radius 3 is 2.47 bits per heavy atom. The normalized spacial score (nSPS) is 12.7. The molecule has 0 saturated heterocycles. The highest BCUT2D eigenvalue weighted by Gasteiger charge is 2.01. The molecule has 0 heterocycles. The van der Waals surface area contributed by atoms with Crippen molar-refractivity contribution in [2.24, 2.45) is 5.73 Å². The van der Waals surface area contributed by atoms with Crippen LogP contribution in [0.4, 0.5) is 0 Å². The summed E-state index contributed by atoms with van der Waals surface area (Å²) in [6, 6.07) is 8.73. The Labute approximate surface area is 117 Å². The largest absolute Gasteiger partial charge is 0.494 e. The summed E-state index contributed by atoms with van der Waals surface area (Å²) in [5.41, 5.74) is 7.12. The van der Waals surface area contributed by atoms with Crippen molar-refractivity contribution in [3.05, 3.63) is 29.8 Å². The first-order valence-corrected chi connectivity index (χ1v) is 7.27. The van der Waals surface area contributed by atoms with Crippen molar-refractivity contribution in [3.63, 3.8) is 0 Å². The van der Waals surface area contributed by atoms with E-state index in [0.717, 1.165) is 38.3 Å². The zero-order valence-corrected chi connectivity index (χ0v) is 12.6. The van der Waals surface area contributed by atoms with Crippen LogP contribution in [0.5, 0.6) is 5.75 Å². The smallest absolute Gasteiger partial charge is 0.119 e. The molecule has 0 aromatic heterocycles. The third-order valence-corrected chi connectivity index (χ3v) is 3.22. The first-order valence-electron chi connectivity index (χ1n) is 7.27. The summed E-state index contributed by atoms with van der Waals surface area (Å²) in [7, 11) is 2.18. The summed E-state index contributed by atoms with van der Waals surface area (Å²) < 4.78 is 5.44. The van der Waals surface area contributed by atoms with Crippen molar-refractivity contribution in [2.75, 3.05) is 26.7 Å². The standard InChI is InChI=1S/C16H28N2O/c1-4-19-16-9-7-15(8-10-16)11-13-18(3)12-5-6-14(2)17/h7-10,14H,4-6,11-13,17H2,1-3H3. The van der Waals surface area contributed by atoms with Gasteiger partial charge in [-0.2, -0.15) is 0 Å². The summed E-state index contributed by atoms with van der Waals surface area (Å²) in [6.45, 7) is 7.01. The molecule has 1 rings (SSSR count). The monoisotopic (exact) mass is 264 g/mol. The van der Waals surface area contributed by atoms with Crippen LogP contribution in [0.3, 0.4) is 0 Å². The van der Waals surface area contributed by atoms with Gasteiger partial charge in [0.2, 0.25) is 0 Å². The molecule has 1 unspecified atom stereocenters. The zero-order chi connectivity index (χ0) is 14.1. The van der Waals surface area contributed by atoms with E-state index >= 15 is 0 Å². The molecule has 3 heteroatoms. The predicted octanol–water partition coefficient (Wildman–Crippen LogP) is 2.69. The first-order chi connectivity index (χ1) is 9.11. The molecule has 0 aliphatic heterocycles. The van der Waals surface area contributed by atoms with Crippen LogP contribution in [0.2, 0.25) is 0 Å². The molecule has 0 bridgehead atoms. The van der Waals surface area contributed by atoms with Crippen LogP contribution in [-0.4, -0.2) is 37.7 Å². The van der Waals surface area contributed by atoms with Crippen molar-refractivity contribution in [2.45, 2.75) is 39.2 Å². The number of nitrogens with two attached hydrogens (primary N) is 1. The van der Waals surface area contributed by atoms with Crippen LogP contribution >= 0.6 is 0 Å². The van der Waals surface area contributed by atoms with Crippen molar-refractivity contribution in [3.8, 4) is 5.75 Å². The number of likely N-dealkylation sites (N-methyl/N-ethyl adjacent to an activating group) is 1. The summed E-state index contributed by atoms with van der Waals surface area (Å²) in [5, 5.41) is 0. The van der Waals surface area contributed by atoms with Gasteiger partial charge in [0.1, 0.15) is 5.75 Å². The average molecular weight is 264 g/mol. The molecule has 3 nitrogen and oxygen atoms in total. The molecule has 1 aromatic carbocycles. The van der Waals surface area contributed by atoms with Gasteiger partial charge in [-0.1, -0.05) is 12.1 Å². The second-order valence-corrected chi connectivity index (χ2v) is 5.25. The van der Waals surface area contributed by atoms with Crippen molar-refractivity contribution in [1.29, 1.82) is 0 Å². The highest BCUT2D eigenvalue weighted by molar-refractivity contribution is 5.27. The molecule has 1 atom stereocenters. The highest BCUT2D eigenvalue weighted by Crippen LogP contribution is 2.12. The molecular formula is C16H28N2O. The van der Waals surface area contributed by atoms with E-state index in [2.05, 4.69) is 43.1 Å². The van der Waals surface area contributed by atoms with Crippen molar-refractivity contribution >= 4 is 0 Å². The van der Waals surface area contributed by atoms with Crippen molar-refractivity contribution in [1.82, 2.24) is 4.90 Å². The summed E-state index contributed by atoms with van der Waals surface area (Å²) >= 11 is 0. The average Bonchev–Trinajstić information content (AvgIpc) is 2.38. The number of hydrogen-bond donors (Lipinski definition) is 1. The van der Waals surface area contributed by atoms with Gasteiger partial charge in [-0.15, -0.1) is 0 Å². The summed E-state index contributed by atoms with van der Waals surface area (Å²) in [5.74, 6) is 0.955. The van der Waals surface area contributed by atoms with E-state index in [1.54, 1.807) is 0 Å². The van der Waals surface area contributed by atoms with E-state index in [-0.39, 0.29) is 0 Å². The molecule has 0 fully saturated rings. The number of ether oxygens (including phenoxy) is 1. The van der Waals surface area contributed by atoms with Gasteiger partial charge in [-0.25, -0.2) is 0 Å². The van der Waals surface area contributed by atoms with E-state index in [1.165, 1.54) is 12.0 Å². The minimum atomic E-state index is 0.319. The SMILES string of the molecule is CCOc1ccc(CCN(C)CCCC(C)N)cc1. The molecule has 0 amide bonds. The molecule has 0 radical (unpaired) electrons. The fraction of sp³-hybridized carbons (Fsp3) is 0.625. The Bertz CT molecular complexity index is 335. The van der Waals surface area contributed by atoms with Crippen LogP contribution in [0.1, 0.15) is 32.3 Å². The maximum Gasteiger partial charge on any atom is 0.119 e. The summed E-state index contributed by atoms with van der Waals surface area (Å²) in [4.78, 5) is 2.37. The fourth-order valence-corrected chi connectivity index (χ4v) is 2.03. The van der Waals surface area contributed by atoms with E-state index in [4.69, 9.17) is 10.5 Å². The maximum absolute atomic E-state index is 5.75. The van der Waals surface area contributed by atoms with E-state index < -0.39 is 0 Å². The summed E-state index contributed by atoms with van der Waals surface area (Å²) in [6.07, 6.45) is 3.37. The van der Waals surface area contributed by atoms with Crippen LogP contribution in [0, 0.1) is 0 Å². The molecule has 0 aliphatic carbocycles. The van der Waals surface area contributed by atoms with Crippen LogP contribution in [-0.2, 0) is 6.42 Å². The second kappa shape index (κ2) is 8.94. The Hall–Kier alpha value is -1.06. The van der Waals surface area contributed by atoms with Gasteiger partial charge in [0.15, 0.2) is 0 Å². The number of rotatable bonds is 9. The maximum atomic E-state index is 5.75. The molecule has 1 aromatic rings. The molecule has 0 aliphatic rings. The van der Waals surface area contributed by atoms with Gasteiger partial charge in [-0.05, 0) is 64.4 Å². The molecule has 2 N–H and O–H groups in total. The Morgan fingerprint density at radius 1 is 1.21 bits per heavy atom. The van der Waals surface area contributed by atoms with Gasteiger partial charge in [-0.3, -0.25) is 0 Å². The lowest BCUT2D eigenvalue weighted by Gasteiger charge is -2.17. The van der Waals surface area contributed by atoms with Crippen LogP contribution in [0.25, 0.3) is 0 Å². The lowest BCUT2D eigenvalue weighted by atomic mass is 10.1. The number of nitrogens with zero attached hydrogens (tertiary/aromatic N) is 1. The van der Waals surface area contributed by atoms with Crippen molar-refractivity contribution < 1.29 is 4.74 Å². The lowest BCUT2D eigenvalue weighted by molar-refractivity contribution is 0.326. The highest BCUT2D eigenvalue weighted by atomic mass is 16.5. The van der Waals surface area contributed by atoms with E-state index in [1.807, 2.05) is 6.92 Å². The topological polar surface area (TPSA) is 38.5 Å². The molecule has 0 saturated carbocycles. The molecule has 19 heavy (non-hydrogen) atoms. The Morgan fingerprint density at radius 2 is 1.89 bits per heavy atom.